The van der Waals surface area contributed by atoms with Crippen LogP contribution in [0.15, 0.2) is 48.5 Å². The van der Waals surface area contributed by atoms with Crippen molar-refractivity contribution < 1.29 is 17.9 Å². The minimum absolute atomic E-state index is 0.150. The number of benzene rings is 2. The van der Waals surface area contributed by atoms with Gasteiger partial charge in [0.25, 0.3) is 0 Å². The van der Waals surface area contributed by atoms with Crippen LogP contribution < -0.4 is 14.4 Å². The molecule has 0 aliphatic rings. The van der Waals surface area contributed by atoms with Gasteiger partial charge in [-0.15, -0.1) is 0 Å². The van der Waals surface area contributed by atoms with Crippen LogP contribution in [0.1, 0.15) is 0 Å². The van der Waals surface area contributed by atoms with Gasteiger partial charge in [-0.25, -0.2) is 8.42 Å². The Hall–Kier alpha value is -1.96. The fourth-order valence-corrected chi connectivity index (χ4v) is 3.42. The molecule has 1 N–H and O–H groups in total. The van der Waals surface area contributed by atoms with Crippen LogP contribution in [-0.2, 0) is 14.8 Å². The summed E-state index contributed by atoms with van der Waals surface area (Å²) in [5.74, 6) is 0.202. The van der Waals surface area contributed by atoms with E-state index in [-0.39, 0.29) is 23.9 Å². The molecule has 0 aromatic heterocycles. The lowest BCUT2D eigenvalue weighted by Crippen LogP contribution is -2.41. The first kappa shape index (κ1) is 20.4. The molecular weight excluding hydrogens is 399 g/mol. The molecule has 0 fully saturated rings. The lowest BCUT2D eigenvalue weighted by atomic mass is 10.3. The number of carbonyl (C=O) groups excluding carboxylic acids is 1. The molecule has 2 aromatic carbocycles. The van der Waals surface area contributed by atoms with Gasteiger partial charge in [-0.1, -0.05) is 41.4 Å². The number of sulfonamides is 1. The Kier molecular flexibility index (Phi) is 7.14. The van der Waals surface area contributed by atoms with Crippen molar-refractivity contribution >= 4 is 44.8 Å². The van der Waals surface area contributed by atoms with Crippen molar-refractivity contribution in [2.45, 2.75) is 0 Å². The number of hydrogen-bond acceptors (Lipinski definition) is 4. The molecule has 0 heterocycles. The number of nitrogens with zero attached hydrogens (tertiary/aromatic N) is 1. The van der Waals surface area contributed by atoms with Gasteiger partial charge < -0.3 is 10.1 Å². The number of rotatable bonds is 8. The summed E-state index contributed by atoms with van der Waals surface area (Å²) in [7, 11) is -3.73. The van der Waals surface area contributed by atoms with E-state index in [9.17, 15) is 13.2 Å². The van der Waals surface area contributed by atoms with E-state index in [0.717, 1.165) is 10.6 Å². The highest BCUT2D eigenvalue weighted by molar-refractivity contribution is 7.92. The molecule has 140 valence electrons. The lowest BCUT2D eigenvalue weighted by molar-refractivity contribution is -0.119. The topological polar surface area (TPSA) is 75.7 Å². The highest BCUT2D eigenvalue weighted by atomic mass is 35.5. The molecule has 26 heavy (non-hydrogen) atoms. The number of nitrogens with one attached hydrogen (secondary N) is 1. The molecule has 0 atom stereocenters. The standard InChI is InChI=1S/C17H18Cl2N2O4S/c1-26(23,24)21(16-11-13(18)7-8-15(16)19)12-17(22)20-9-10-25-14-5-3-2-4-6-14/h2-8,11H,9-10,12H2,1H3,(H,20,22). The number of para-hydroxylation sites is 1. The minimum Gasteiger partial charge on any atom is -0.492 e. The maximum Gasteiger partial charge on any atom is 0.240 e. The summed E-state index contributed by atoms with van der Waals surface area (Å²) in [6.07, 6.45) is 0.996. The number of carbonyl (C=O) groups is 1. The van der Waals surface area contributed by atoms with Crippen LogP contribution in [0.5, 0.6) is 5.75 Å². The maximum atomic E-state index is 12.1. The normalized spacial score (nSPS) is 11.0. The molecule has 0 aliphatic heterocycles. The first-order valence-electron chi connectivity index (χ1n) is 7.64. The van der Waals surface area contributed by atoms with Crippen LogP contribution in [0.4, 0.5) is 5.69 Å². The molecule has 2 aromatic rings. The molecule has 0 radical (unpaired) electrons. The van der Waals surface area contributed by atoms with Crippen molar-refractivity contribution in [2.24, 2.45) is 0 Å². The lowest BCUT2D eigenvalue weighted by Gasteiger charge is -2.23. The van der Waals surface area contributed by atoms with Crippen molar-refractivity contribution in [1.82, 2.24) is 5.32 Å². The van der Waals surface area contributed by atoms with Gasteiger partial charge in [0.15, 0.2) is 0 Å². The van der Waals surface area contributed by atoms with E-state index in [1.165, 1.54) is 18.2 Å². The predicted molar refractivity (Wildman–Crippen MR) is 104 cm³/mol. The average Bonchev–Trinajstić information content (AvgIpc) is 2.59. The van der Waals surface area contributed by atoms with E-state index in [0.29, 0.717) is 10.8 Å². The second-order valence-corrected chi connectivity index (χ2v) is 8.13. The van der Waals surface area contributed by atoms with Gasteiger partial charge in [-0.05, 0) is 30.3 Å². The van der Waals surface area contributed by atoms with Gasteiger partial charge in [-0.2, -0.15) is 0 Å². The quantitative estimate of drug-likeness (QED) is 0.671. The number of amides is 1. The summed E-state index contributed by atoms with van der Waals surface area (Å²) < 4.78 is 30.5. The van der Waals surface area contributed by atoms with Crippen molar-refractivity contribution in [3.05, 3.63) is 58.6 Å². The van der Waals surface area contributed by atoms with Crippen molar-refractivity contribution in [2.75, 3.05) is 30.3 Å². The number of hydrogen-bond donors (Lipinski definition) is 1. The van der Waals surface area contributed by atoms with E-state index < -0.39 is 22.5 Å². The Morgan fingerprint density at radius 3 is 2.50 bits per heavy atom. The molecule has 0 saturated carbocycles. The van der Waals surface area contributed by atoms with Gasteiger partial charge >= 0.3 is 0 Å². The van der Waals surface area contributed by atoms with Crippen LogP contribution in [0, 0.1) is 0 Å². The third kappa shape index (κ3) is 6.09. The zero-order valence-corrected chi connectivity index (χ0v) is 16.3. The van der Waals surface area contributed by atoms with Crippen LogP contribution in [0.3, 0.4) is 0 Å². The average molecular weight is 417 g/mol. The third-order valence-corrected chi connectivity index (χ3v) is 4.98. The predicted octanol–water partition coefficient (Wildman–Crippen LogP) is 2.95. The first-order valence-corrected chi connectivity index (χ1v) is 10.2. The van der Waals surface area contributed by atoms with Gasteiger partial charge in [0.05, 0.1) is 23.5 Å². The van der Waals surface area contributed by atoms with Crippen LogP contribution in [0.25, 0.3) is 0 Å². The number of anilines is 1. The third-order valence-electron chi connectivity index (χ3n) is 3.30. The largest absolute Gasteiger partial charge is 0.492 e. The van der Waals surface area contributed by atoms with E-state index in [1.807, 2.05) is 18.2 Å². The van der Waals surface area contributed by atoms with E-state index in [1.54, 1.807) is 12.1 Å². The molecule has 0 unspecified atom stereocenters. The fraction of sp³-hybridized carbons (Fsp3) is 0.235. The Morgan fingerprint density at radius 2 is 1.85 bits per heavy atom. The smallest absolute Gasteiger partial charge is 0.240 e. The van der Waals surface area contributed by atoms with Crippen LogP contribution in [0.2, 0.25) is 10.0 Å². The monoisotopic (exact) mass is 416 g/mol. The van der Waals surface area contributed by atoms with Crippen molar-refractivity contribution in [3.8, 4) is 5.75 Å². The second kappa shape index (κ2) is 9.12. The molecule has 0 aliphatic carbocycles. The zero-order chi connectivity index (χ0) is 19.2. The molecular formula is C17H18Cl2N2O4S. The number of halogens is 2. The highest BCUT2D eigenvalue weighted by Gasteiger charge is 2.23. The Balaban J connectivity index is 1.96. The minimum atomic E-state index is -3.73. The molecule has 9 heteroatoms. The molecule has 2 rings (SSSR count). The Bertz CT molecular complexity index is 860. The summed E-state index contributed by atoms with van der Waals surface area (Å²) in [6.45, 7) is 0.0748. The van der Waals surface area contributed by atoms with E-state index in [2.05, 4.69) is 5.32 Å². The second-order valence-electron chi connectivity index (χ2n) is 5.38. The molecule has 0 bridgehead atoms. The summed E-state index contributed by atoms with van der Waals surface area (Å²) in [4.78, 5) is 12.1. The van der Waals surface area contributed by atoms with Crippen LogP contribution >= 0.6 is 23.2 Å². The Morgan fingerprint density at radius 1 is 1.15 bits per heavy atom. The van der Waals surface area contributed by atoms with E-state index >= 15 is 0 Å². The SMILES string of the molecule is CS(=O)(=O)N(CC(=O)NCCOc1ccccc1)c1cc(Cl)ccc1Cl. The molecule has 6 nitrogen and oxygen atoms in total. The summed E-state index contributed by atoms with van der Waals surface area (Å²) >= 11 is 12.0. The first-order chi connectivity index (χ1) is 12.3. The van der Waals surface area contributed by atoms with Gasteiger partial charge in [0.1, 0.15) is 18.9 Å². The van der Waals surface area contributed by atoms with E-state index in [4.69, 9.17) is 27.9 Å². The van der Waals surface area contributed by atoms with Crippen molar-refractivity contribution in [3.63, 3.8) is 0 Å². The Labute approximate surface area is 162 Å². The van der Waals surface area contributed by atoms with Gasteiger partial charge in [-0.3, -0.25) is 9.10 Å². The van der Waals surface area contributed by atoms with Crippen molar-refractivity contribution in [1.29, 1.82) is 0 Å². The van der Waals surface area contributed by atoms with Gasteiger partial charge in [0, 0.05) is 5.02 Å². The van der Waals surface area contributed by atoms with Crippen LogP contribution in [-0.4, -0.2) is 40.3 Å². The molecule has 0 saturated heterocycles. The zero-order valence-electron chi connectivity index (χ0n) is 14.0. The highest BCUT2D eigenvalue weighted by Crippen LogP contribution is 2.30. The van der Waals surface area contributed by atoms with Gasteiger partial charge in [0.2, 0.25) is 15.9 Å². The summed E-state index contributed by atoms with van der Waals surface area (Å²) in [5, 5.41) is 3.11. The fourth-order valence-electron chi connectivity index (χ4n) is 2.12. The summed E-state index contributed by atoms with van der Waals surface area (Å²) in [5.41, 5.74) is 0.150. The summed E-state index contributed by atoms with van der Waals surface area (Å²) in [6, 6.07) is 13.6. The maximum absolute atomic E-state index is 12.1. The number of ether oxygens (including phenoxy) is 1. The molecule has 0 spiro atoms. The molecule has 1 amide bonds.